The molecule has 1 aromatic carbocycles. The molecule has 2 rings (SSSR count). The Hall–Kier alpha value is -1.66. The molecule has 5 nitrogen and oxygen atoms in total. The number of aryl methyl sites for hydroxylation is 1. The highest BCUT2D eigenvalue weighted by Crippen LogP contribution is 2.30. The fraction of sp³-hybridized carbons (Fsp3) is 0.182. The van der Waals surface area contributed by atoms with Crippen LogP contribution in [0.5, 0.6) is 5.75 Å². The molecule has 7 heteroatoms. The lowest BCUT2D eigenvalue weighted by Crippen LogP contribution is -1.97. The molecule has 0 aliphatic heterocycles. The molecule has 0 aliphatic carbocycles. The van der Waals surface area contributed by atoms with E-state index in [4.69, 9.17) is 16.3 Å². The van der Waals surface area contributed by atoms with Gasteiger partial charge < -0.3 is 4.74 Å². The first-order valence-corrected chi connectivity index (χ1v) is 6.24. The molecule has 94 valence electrons. The van der Waals surface area contributed by atoms with Gasteiger partial charge in [-0.3, -0.25) is 10.1 Å². The summed E-state index contributed by atoms with van der Waals surface area (Å²) in [6.45, 7) is 2.13. The molecule has 0 atom stereocenters. The van der Waals surface area contributed by atoms with Crippen molar-refractivity contribution < 1.29 is 9.66 Å². The summed E-state index contributed by atoms with van der Waals surface area (Å²) in [4.78, 5) is 15.3. The summed E-state index contributed by atoms with van der Waals surface area (Å²) in [5.74, 6) is 0.165. The van der Waals surface area contributed by atoms with E-state index in [2.05, 4.69) is 4.98 Å². The topological polar surface area (TPSA) is 65.3 Å². The first-order chi connectivity index (χ1) is 8.56. The molecule has 1 aromatic heterocycles. The first-order valence-electron chi connectivity index (χ1n) is 5.04. The highest BCUT2D eigenvalue weighted by atomic mass is 35.5. The third kappa shape index (κ3) is 2.96. The Morgan fingerprint density at radius 2 is 2.33 bits per heavy atom. The van der Waals surface area contributed by atoms with Gasteiger partial charge in [-0.1, -0.05) is 11.6 Å². The second kappa shape index (κ2) is 5.32. The van der Waals surface area contributed by atoms with Crippen molar-refractivity contribution in [2.24, 2.45) is 0 Å². The van der Waals surface area contributed by atoms with Crippen LogP contribution in [0.25, 0.3) is 0 Å². The monoisotopic (exact) mass is 284 g/mol. The predicted molar refractivity (Wildman–Crippen MR) is 69.3 cm³/mol. The fourth-order valence-corrected chi connectivity index (χ4v) is 2.25. The Balaban J connectivity index is 2.17. The van der Waals surface area contributed by atoms with E-state index in [0.29, 0.717) is 5.02 Å². The SMILES string of the molecule is Cc1ncc(COc2cc(Cl)ccc2[N+](=O)[O-])s1. The Labute approximate surface area is 112 Å². The average molecular weight is 285 g/mol. The zero-order valence-electron chi connectivity index (χ0n) is 9.42. The van der Waals surface area contributed by atoms with Crippen LogP contribution in [0.15, 0.2) is 24.4 Å². The van der Waals surface area contributed by atoms with Crippen LogP contribution in [0.2, 0.25) is 5.02 Å². The minimum Gasteiger partial charge on any atom is -0.481 e. The van der Waals surface area contributed by atoms with E-state index in [0.717, 1.165) is 9.88 Å². The molecule has 2 aromatic rings. The summed E-state index contributed by atoms with van der Waals surface area (Å²) in [6, 6.07) is 4.23. The van der Waals surface area contributed by atoms with E-state index in [9.17, 15) is 10.1 Å². The number of halogens is 1. The maximum atomic E-state index is 10.8. The molecular weight excluding hydrogens is 276 g/mol. The zero-order chi connectivity index (χ0) is 13.1. The number of hydrogen-bond acceptors (Lipinski definition) is 5. The van der Waals surface area contributed by atoms with Gasteiger partial charge >= 0.3 is 5.69 Å². The number of rotatable bonds is 4. The van der Waals surface area contributed by atoms with Crippen LogP contribution in [-0.4, -0.2) is 9.91 Å². The van der Waals surface area contributed by atoms with E-state index in [1.165, 1.54) is 29.5 Å². The quantitative estimate of drug-likeness (QED) is 0.635. The highest BCUT2D eigenvalue weighted by Gasteiger charge is 2.15. The molecule has 0 radical (unpaired) electrons. The van der Waals surface area contributed by atoms with Crippen molar-refractivity contribution in [2.45, 2.75) is 13.5 Å². The summed E-state index contributed by atoms with van der Waals surface area (Å²) < 4.78 is 5.42. The van der Waals surface area contributed by atoms with Crippen LogP contribution >= 0.6 is 22.9 Å². The van der Waals surface area contributed by atoms with Crippen molar-refractivity contribution in [3.05, 3.63) is 49.4 Å². The predicted octanol–water partition coefficient (Wildman–Crippen LogP) is 3.59. The Bertz CT molecular complexity index is 585. The minimum absolute atomic E-state index is 0.0966. The van der Waals surface area contributed by atoms with Crippen LogP contribution in [-0.2, 0) is 6.61 Å². The molecule has 0 saturated carbocycles. The van der Waals surface area contributed by atoms with Gasteiger partial charge in [-0.2, -0.15) is 0 Å². The first kappa shape index (κ1) is 12.8. The van der Waals surface area contributed by atoms with Crippen molar-refractivity contribution in [3.8, 4) is 5.75 Å². The van der Waals surface area contributed by atoms with Gasteiger partial charge in [0, 0.05) is 23.4 Å². The molecule has 18 heavy (non-hydrogen) atoms. The molecule has 0 N–H and O–H groups in total. The molecule has 0 spiro atoms. The van der Waals surface area contributed by atoms with Gasteiger partial charge in [-0.25, -0.2) is 4.98 Å². The van der Waals surface area contributed by atoms with Gasteiger partial charge in [0.25, 0.3) is 0 Å². The van der Waals surface area contributed by atoms with Gasteiger partial charge in [-0.15, -0.1) is 11.3 Å². The van der Waals surface area contributed by atoms with Crippen LogP contribution in [0, 0.1) is 17.0 Å². The molecule has 0 unspecified atom stereocenters. The number of nitro benzene ring substituents is 1. The average Bonchev–Trinajstić information content (AvgIpc) is 2.72. The van der Waals surface area contributed by atoms with Crippen molar-refractivity contribution >= 4 is 28.6 Å². The van der Waals surface area contributed by atoms with Gasteiger partial charge in [0.2, 0.25) is 0 Å². The normalized spacial score (nSPS) is 10.3. The number of nitrogens with zero attached hydrogens (tertiary/aromatic N) is 2. The minimum atomic E-state index is -0.496. The summed E-state index contributed by atoms with van der Waals surface area (Å²) in [6.07, 6.45) is 1.69. The lowest BCUT2D eigenvalue weighted by atomic mass is 10.3. The van der Waals surface area contributed by atoms with E-state index in [-0.39, 0.29) is 18.0 Å². The highest BCUT2D eigenvalue weighted by molar-refractivity contribution is 7.11. The third-order valence-corrected chi connectivity index (χ3v) is 3.28. The summed E-state index contributed by atoms with van der Waals surface area (Å²) in [5.41, 5.74) is -0.0966. The third-order valence-electron chi connectivity index (χ3n) is 2.16. The van der Waals surface area contributed by atoms with E-state index in [1.807, 2.05) is 6.92 Å². The molecule has 0 fully saturated rings. The number of aromatic nitrogens is 1. The number of hydrogen-bond donors (Lipinski definition) is 0. The summed E-state index contributed by atoms with van der Waals surface area (Å²) >= 11 is 7.28. The Morgan fingerprint density at radius 1 is 1.56 bits per heavy atom. The van der Waals surface area contributed by atoms with Gasteiger partial charge in [-0.05, 0) is 13.0 Å². The largest absolute Gasteiger partial charge is 0.481 e. The number of thiazole rings is 1. The van der Waals surface area contributed by atoms with E-state index >= 15 is 0 Å². The van der Waals surface area contributed by atoms with Crippen LogP contribution in [0.1, 0.15) is 9.88 Å². The summed E-state index contributed by atoms with van der Waals surface area (Å²) in [7, 11) is 0. The number of ether oxygens (including phenoxy) is 1. The van der Waals surface area contributed by atoms with Crippen molar-refractivity contribution in [1.82, 2.24) is 4.98 Å². The summed E-state index contributed by atoms with van der Waals surface area (Å²) in [5, 5.41) is 12.1. The Morgan fingerprint density at radius 3 is 2.94 bits per heavy atom. The lowest BCUT2D eigenvalue weighted by molar-refractivity contribution is -0.385. The van der Waals surface area contributed by atoms with Crippen molar-refractivity contribution in [3.63, 3.8) is 0 Å². The van der Waals surface area contributed by atoms with E-state index < -0.39 is 4.92 Å². The second-order valence-corrected chi connectivity index (χ2v) is 5.26. The maximum absolute atomic E-state index is 10.8. The molecule has 1 heterocycles. The number of benzene rings is 1. The maximum Gasteiger partial charge on any atom is 0.311 e. The second-order valence-electron chi connectivity index (χ2n) is 3.50. The molecule has 0 amide bonds. The standard InChI is InChI=1S/C11H9ClN2O3S/c1-7-13-5-9(18-7)6-17-11-4-8(12)2-3-10(11)14(15)16/h2-5H,6H2,1H3. The zero-order valence-corrected chi connectivity index (χ0v) is 11.0. The van der Waals surface area contributed by atoms with Crippen molar-refractivity contribution in [1.29, 1.82) is 0 Å². The lowest BCUT2D eigenvalue weighted by Gasteiger charge is -2.05. The Kier molecular flexibility index (Phi) is 3.78. The van der Waals surface area contributed by atoms with Gasteiger partial charge in [0.15, 0.2) is 5.75 Å². The fourth-order valence-electron chi connectivity index (χ4n) is 1.38. The molecule has 0 saturated heterocycles. The molecule has 0 bridgehead atoms. The van der Waals surface area contributed by atoms with Crippen molar-refractivity contribution in [2.75, 3.05) is 0 Å². The molecule has 0 aliphatic rings. The van der Waals surface area contributed by atoms with E-state index in [1.54, 1.807) is 6.20 Å². The smallest absolute Gasteiger partial charge is 0.311 e. The van der Waals surface area contributed by atoms with Crippen LogP contribution in [0.4, 0.5) is 5.69 Å². The number of nitro groups is 1. The van der Waals surface area contributed by atoms with Crippen LogP contribution in [0.3, 0.4) is 0 Å². The van der Waals surface area contributed by atoms with Crippen LogP contribution < -0.4 is 4.74 Å². The van der Waals surface area contributed by atoms with Gasteiger partial charge in [0.05, 0.1) is 14.8 Å². The van der Waals surface area contributed by atoms with Gasteiger partial charge in [0.1, 0.15) is 6.61 Å². The molecular formula is C11H9ClN2O3S.